The van der Waals surface area contributed by atoms with Gasteiger partial charge in [-0.15, -0.1) is 11.3 Å². The molecule has 0 saturated carbocycles. The average Bonchev–Trinajstić information content (AvgIpc) is 3.27. The largest absolute Gasteiger partial charge is 0.508 e. The number of halogens is 1. The summed E-state index contributed by atoms with van der Waals surface area (Å²) in [5, 5.41) is 11.8. The van der Waals surface area contributed by atoms with Gasteiger partial charge < -0.3 is 19.5 Å². The molecule has 2 aromatic rings. The van der Waals surface area contributed by atoms with Crippen molar-refractivity contribution in [2.75, 3.05) is 19.8 Å². The van der Waals surface area contributed by atoms with Crippen LogP contribution in [-0.2, 0) is 25.6 Å². The summed E-state index contributed by atoms with van der Waals surface area (Å²) in [5.74, 6) is -1.29. The number of benzene rings is 1. The lowest BCUT2D eigenvalue weighted by molar-refractivity contribution is -0.150. The van der Waals surface area contributed by atoms with E-state index in [1.54, 1.807) is 17.5 Å². The molecule has 0 aliphatic heterocycles. The molecule has 192 valence electrons. The molecule has 7 nitrogen and oxygen atoms in total. The lowest BCUT2D eigenvalue weighted by Crippen LogP contribution is -2.36. The first-order valence-electron chi connectivity index (χ1n) is 11.9. The molecular weight excluding hydrogens is 490 g/mol. The van der Waals surface area contributed by atoms with Gasteiger partial charge in [-0.05, 0) is 53.5 Å². The minimum atomic E-state index is -0.475. The zero-order valence-electron chi connectivity index (χ0n) is 20.5. The Morgan fingerprint density at radius 3 is 2.43 bits per heavy atom. The molecule has 0 fully saturated rings. The van der Waals surface area contributed by atoms with Crippen molar-refractivity contribution in [2.45, 2.75) is 65.3 Å². The second-order valence-electron chi connectivity index (χ2n) is 8.44. The van der Waals surface area contributed by atoms with Crippen molar-refractivity contribution in [3.8, 4) is 5.75 Å². The summed E-state index contributed by atoms with van der Waals surface area (Å²) in [7, 11) is 0. The number of amides is 1. The maximum atomic E-state index is 13.2. The lowest BCUT2D eigenvalue weighted by Gasteiger charge is -2.23. The molecule has 0 aliphatic carbocycles. The summed E-state index contributed by atoms with van der Waals surface area (Å²) in [4.78, 5) is 39.8. The number of aromatic hydroxyl groups is 1. The summed E-state index contributed by atoms with van der Waals surface area (Å²) >= 11 is 7.50. The predicted molar refractivity (Wildman–Crippen MR) is 137 cm³/mol. The molecule has 0 saturated heterocycles. The lowest BCUT2D eigenvalue weighted by atomic mass is 9.97. The number of rotatable bonds is 14. The van der Waals surface area contributed by atoms with Crippen LogP contribution in [0, 0.1) is 0 Å². The molecule has 1 amide bonds. The van der Waals surface area contributed by atoms with Gasteiger partial charge in [-0.1, -0.05) is 51.3 Å². The Kier molecular flexibility index (Phi) is 12.1. The van der Waals surface area contributed by atoms with Crippen LogP contribution >= 0.6 is 22.9 Å². The van der Waals surface area contributed by atoms with Crippen LogP contribution in [-0.4, -0.2) is 47.6 Å². The van der Waals surface area contributed by atoms with E-state index in [0.29, 0.717) is 23.1 Å². The van der Waals surface area contributed by atoms with Crippen molar-refractivity contribution >= 4 is 40.8 Å². The van der Waals surface area contributed by atoms with Gasteiger partial charge in [0.2, 0.25) is 5.91 Å². The van der Waals surface area contributed by atoms with Gasteiger partial charge in [-0.3, -0.25) is 9.59 Å². The van der Waals surface area contributed by atoms with Crippen molar-refractivity contribution in [3.05, 3.63) is 50.7 Å². The number of carbonyl (C=O) groups is 3. The Hall–Kier alpha value is -2.58. The van der Waals surface area contributed by atoms with E-state index in [9.17, 15) is 19.5 Å². The zero-order valence-corrected chi connectivity index (χ0v) is 22.1. The Bertz CT molecular complexity index is 992. The highest BCUT2D eigenvalue weighted by Gasteiger charge is 2.23. The summed E-state index contributed by atoms with van der Waals surface area (Å²) < 4.78 is 10.5. The van der Waals surface area contributed by atoms with Crippen LogP contribution in [0.5, 0.6) is 5.75 Å². The molecule has 1 N–H and O–H groups in total. The highest BCUT2D eigenvalue weighted by Crippen LogP contribution is 2.30. The number of carbonyl (C=O) groups excluding carboxylic acids is 3. The first-order valence-corrected chi connectivity index (χ1v) is 13.2. The molecule has 0 aliphatic rings. The maximum Gasteiger partial charge on any atom is 0.348 e. The van der Waals surface area contributed by atoms with Gasteiger partial charge in [0.1, 0.15) is 17.2 Å². The van der Waals surface area contributed by atoms with E-state index >= 15 is 0 Å². The predicted octanol–water partition coefficient (Wildman–Crippen LogP) is 5.93. The summed E-state index contributed by atoms with van der Waals surface area (Å²) in [6.45, 7) is 6.54. The molecule has 1 atom stereocenters. The zero-order chi connectivity index (χ0) is 25.8. The van der Waals surface area contributed by atoms with Gasteiger partial charge in [0.25, 0.3) is 0 Å². The van der Waals surface area contributed by atoms with Gasteiger partial charge in [-0.25, -0.2) is 4.79 Å². The number of esters is 2. The molecule has 1 aromatic carbocycles. The molecule has 1 unspecified atom stereocenters. The number of ether oxygens (including phenoxy) is 2. The van der Waals surface area contributed by atoms with Gasteiger partial charge in [0, 0.05) is 18.0 Å². The number of thiophene rings is 1. The van der Waals surface area contributed by atoms with Crippen LogP contribution in [0.1, 0.15) is 79.6 Å². The van der Waals surface area contributed by atoms with E-state index in [0.717, 1.165) is 36.8 Å². The molecule has 1 heterocycles. The monoisotopic (exact) mass is 523 g/mol. The third-order valence-electron chi connectivity index (χ3n) is 5.39. The fraction of sp³-hybridized carbons (Fsp3) is 0.500. The fourth-order valence-corrected chi connectivity index (χ4v) is 4.50. The highest BCUT2D eigenvalue weighted by atomic mass is 35.5. The standard InChI is InChI=1S/C26H34ClNO6S/c1-4-6-10-33-25(31)16-28(15-19-13-23(35-17-19)26(32)34-11-7-5-2)24(30)12-18(3)21-9-8-20(29)14-22(21)27/h8-9,13-14,17-18,29H,4-7,10-12,15-16H2,1-3H3. The SMILES string of the molecule is CCCCOC(=O)CN(Cc1csc(C(=O)OCCCC)c1)C(=O)CC(C)c1ccc(O)cc1Cl. The maximum absolute atomic E-state index is 13.2. The molecule has 2 rings (SSSR count). The molecule has 1 aromatic heterocycles. The normalized spacial score (nSPS) is 11.7. The Labute approximate surface area is 216 Å². The van der Waals surface area contributed by atoms with Crippen molar-refractivity contribution in [1.29, 1.82) is 0 Å². The summed E-state index contributed by atoms with van der Waals surface area (Å²) in [6, 6.07) is 6.35. The molecule has 9 heteroatoms. The van der Waals surface area contributed by atoms with E-state index in [1.165, 1.54) is 28.4 Å². The molecule has 35 heavy (non-hydrogen) atoms. The van der Waals surface area contributed by atoms with Gasteiger partial charge in [-0.2, -0.15) is 0 Å². The van der Waals surface area contributed by atoms with Crippen LogP contribution in [0.2, 0.25) is 5.02 Å². The second-order valence-corrected chi connectivity index (χ2v) is 9.76. The van der Waals surface area contributed by atoms with Crippen molar-refractivity contribution in [2.24, 2.45) is 0 Å². The minimum Gasteiger partial charge on any atom is -0.508 e. The fourth-order valence-electron chi connectivity index (χ4n) is 3.35. The van der Waals surface area contributed by atoms with Crippen LogP contribution in [0.15, 0.2) is 29.6 Å². The van der Waals surface area contributed by atoms with Crippen molar-refractivity contribution in [3.63, 3.8) is 0 Å². The van der Waals surface area contributed by atoms with Crippen LogP contribution < -0.4 is 0 Å². The average molecular weight is 524 g/mol. The molecule has 0 bridgehead atoms. The summed E-state index contributed by atoms with van der Waals surface area (Å²) in [6.07, 6.45) is 3.50. The van der Waals surface area contributed by atoms with Crippen LogP contribution in [0.4, 0.5) is 0 Å². The van der Waals surface area contributed by atoms with E-state index < -0.39 is 5.97 Å². The van der Waals surface area contributed by atoms with E-state index in [-0.39, 0.29) is 43.1 Å². The van der Waals surface area contributed by atoms with Crippen molar-refractivity contribution < 1.29 is 29.0 Å². The number of hydrogen-bond acceptors (Lipinski definition) is 7. The molecular formula is C26H34ClNO6S. The molecule has 0 radical (unpaired) electrons. The quantitative estimate of drug-likeness (QED) is 0.244. The van der Waals surface area contributed by atoms with Crippen molar-refractivity contribution in [1.82, 2.24) is 4.90 Å². The second kappa shape index (κ2) is 14.7. The topological polar surface area (TPSA) is 93.1 Å². The third kappa shape index (κ3) is 9.53. The highest BCUT2D eigenvalue weighted by molar-refractivity contribution is 7.12. The first kappa shape index (κ1) is 28.7. The number of phenolic OH excluding ortho intramolecular Hbond substituents is 1. The van der Waals surface area contributed by atoms with E-state index in [1.807, 2.05) is 20.8 Å². The number of hydrogen-bond donors (Lipinski definition) is 1. The number of unbranched alkanes of at least 4 members (excludes halogenated alkanes) is 2. The Morgan fingerprint density at radius 2 is 1.77 bits per heavy atom. The first-order chi connectivity index (χ1) is 16.7. The summed E-state index contributed by atoms with van der Waals surface area (Å²) in [5.41, 5.74) is 1.47. The Balaban J connectivity index is 2.11. The smallest absolute Gasteiger partial charge is 0.348 e. The van der Waals surface area contributed by atoms with Gasteiger partial charge in [0.05, 0.1) is 13.2 Å². The van der Waals surface area contributed by atoms with Crippen LogP contribution in [0.25, 0.3) is 0 Å². The van der Waals surface area contributed by atoms with Gasteiger partial charge >= 0.3 is 11.9 Å². The molecule has 0 spiro atoms. The third-order valence-corrected chi connectivity index (χ3v) is 6.68. The van der Waals surface area contributed by atoms with Gasteiger partial charge in [0.15, 0.2) is 0 Å². The van der Waals surface area contributed by atoms with Crippen LogP contribution in [0.3, 0.4) is 0 Å². The van der Waals surface area contributed by atoms with E-state index in [4.69, 9.17) is 21.1 Å². The number of nitrogens with zero attached hydrogens (tertiary/aromatic N) is 1. The number of phenols is 1. The minimum absolute atomic E-state index is 0.0511. The Morgan fingerprint density at radius 1 is 1.09 bits per heavy atom. The van der Waals surface area contributed by atoms with E-state index in [2.05, 4.69) is 0 Å².